The molecule has 28 heavy (non-hydrogen) atoms. The van der Waals surface area contributed by atoms with Crippen molar-refractivity contribution in [2.45, 2.75) is 64.0 Å². The first-order valence-corrected chi connectivity index (χ1v) is 10.4. The molecule has 0 saturated carbocycles. The number of aliphatic hydroxyl groups excluding tert-OH is 2. The molecule has 4 atom stereocenters. The van der Waals surface area contributed by atoms with Gasteiger partial charge in [-0.1, -0.05) is 13.8 Å². The van der Waals surface area contributed by atoms with E-state index in [4.69, 9.17) is 22.1 Å². The first kappa shape index (κ1) is 24.1. The first-order chi connectivity index (χ1) is 13.1. The van der Waals surface area contributed by atoms with E-state index in [9.17, 15) is 10.2 Å². The lowest BCUT2D eigenvalue weighted by Crippen LogP contribution is -2.51. The summed E-state index contributed by atoms with van der Waals surface area (Å²) in [6.45, 7) is 15.4. The molecule has 8 heteroatoms. The first-order valence-electron chi connectivity index (χ1n) is 10.4. The van der Waals surface area contributed by atoms with Gasteiger partial charge in [0.1, 0.15) is 26.2 Å². The zero-order chi connectivity index (χ0) is 20.9. The van der Waals surface area contributed by atoms with Crippen LogP contribution in [0.2, 0.25) is 0 Å². The predicted molar refractivity (Wildman–Crippen MR) is 110 cm³/mol. The highest BCUT2D eigenvalue weighted by Crippen LogP contribution is 2.35. The van der Waals surface area contributed by atoms with Gasteiger partial charge in [0.25, 0.3) is 0 Å². The summed E-state index contributed by atoms with van der Waals surface area (Å²) in [5.41, 5.74) is -0.427. The van der Waals surface area contributed by atoms with E-state index in [0.717, 1.165) is 52.3 Å². The van der Waals surface area contributed by atoms with Crippen LogP contribution in [-0.2, 0) is 14.2 Å². The summed E-state index contributed by atoms with van der Waals surface area (Å²) in [6.07, 6.45) is -1.41. The third-order valence-electron chi connectivity index (χ3n) is 5.64. The third-order valence-corrected chi connectivity index (χ3v) is 5.64. The van der Waals surface area contributed by atoms with Gasteiger partial charge >= 0.3 is 0 Å². The molecule has 2 heterocycles. The summed E-state index contributed by atoms with van der Waals surface area (Å²) in [6, 6.07) is -0.727. The number of rotatable bonds is 10. The Morgan fingerprint density at radius 3 is 2.25 bits per heavy atom. The summed E-state index contributed by atoms with van der Waals surface area (Å²) >= 11 is 0. The van der Waals surface area contributed by atoms with E-state index in [2.05, 4.69) is 23.6 Å². The van der Waals surface area contributed by atoms with Gasteiger partial charge in [0.15, 0.2) is 0 Å². The molecule has 0 bridgehead atoms. The number of hydrogen-bond donors (Lipinski definition) is 2. The summed E-state index contributed by atoms with van der Waals surface area (Å²) in [5, 5.41) is 19.6. The highest BCUT2D eigenvalue weighted by Gasteiger charge is 2.44. The second-order valence-electron chi connectivity index (χ2n) is 9.61. The van der Waals surface area contributed by atoms with Crippen molar-refractivity contribution in [1.29, 1.82) is 0 Å². The minimum Gasteiger partial charge on any atom is -0.394 e. The van der Waals surface area contributed by atoms with Crippen LogP contribution in [0.15, 0.2) is 0 Å². The second-order valence-corrected chi connectivity index (χ2v) is 9.61. The van der Waals surface area contributed by atoms with Crippen molar-refractivity contribution in [3.63, 3.8) is 0 Å². The average Bonchev–Trinajstić information content (AvgIpc) is 2.87. The summed E-state index contributed by atoms with van der Waals surface area (Å²) in [4.78, 5) is 4.96. The molecule has 2 saturated heterocycles. The molecular weight excluding hydrogens is 359 g/mol. The topological polar surface area (TPSA) is 74.6 Å². The Morgan fingerprint density at radius 2 is 1.71 bits per heavy atom. The Balaban J connectivity index is 1.83. The monoisotopic (exact) mass is 398 g/mol. The van der Waals surface area contributed by atoms with E-state index in [1.165, 1.54) is 0 Å². The predicted octanol–water partition coefficient (Wildman–Crippen LogP) is 0.0771. The van der Waals surface area contributed by atoms with E-state index in [1.54, 1.807) is 7.11 Å². The second kappa shape index (κ2) is 10.2. The van der Waals surface area contributed by atoms with Crippen LogP contribution in [0.4, 0.5) is 0 Å². The van der Waals surface area contributed by atoms with E-state index in [-0.39, 0.29) is 12.0 Å². The van der Waals surface area contributed by atoms with Gasteiger partial charge in [-0.3, -0.25) is 4.90 Å². The molecule has 2 rings (SSSR count). The highest BCUT2D eigenvalue weighted by molar-refractivity contribution is 6.11. The number of aliphatic hydroxyl groups is 2. The molecular formula is C20H39BN2O5. The molecule has 0 aromatic rings. The number of hydrogen-bond acceptors (Lipinski definition) is 7. The van der Waals surface area contributed by atoms with Gasteiger partial charge in [-0.2, -0.15) is 0 Å². The molecule has 7 nitrogen and oxygen atoms in total. The van der Waals surface area contributed by atoms with Gasteiger partial charge in [0.05, 0.1) is 18.8 Å². The van der Waals surface area contributed by atoms with Crippen molar-refractivity contribution >= 4 is 7.85 Å². The third kappa shape index (κ3) is 6.94. The Morgan fingerprint density at radius 1 is 1.11 bits per heavy atom. The maximum Gasteiger partial charge on any atom is 0.112 e. The van der Waals surface area contributed by atoms with Crippen molar-refractivity contribution in [1.82, 2.24) is 9.80 Å². The van der Waals surface area contributed by atoms with Gasteiger partial charge in [-0.05, 0) is 25.7 Å². The van der Waals surface area contributed by atoms with E-state index in [1.807, 2.05) is 13.8 Å². The Hall–Kier alpha value is -0.215. The molecule has 0 aliphatic carbocycles. The van der Waals surface area contributed by atoms with E-state index >= 15 is 0 Å². The van der Waals surface area contributed by atoms with Gasteiger partial charge < -0.3 is 29.3 Å². The minimum atomic E-state index is -0.914. The van der Waals surface area contributed by atoms with Crippen LogP contribution in [0.3, 0.4) is 0 Å². The van der Waals surface area contributed by atoms with Crippen LogP contribution in [0.5, 0.6) is 0 Å². The molecule has 0 aromatic carbocycles. The number of ether oxygens (including phenoxy) is 3. The van der Waals surface area contributed by atoms with Crippen molar-refractivity contribution in [3.05, 3.63) is 0 Å². The maximum atomic E-state index is 10.3. The minimum absolute atomic E-state index is 0.0447. The molecule has 2 aliphatic rings. The lowest BCUT2D eigenvalue weighted by atomic mass is 9.80. The summed E-state index contributed by atoms with van der Waals surface area (Å²) < 4.78 is 16.8. The zero-order valence-electron chi connectivity index (χ0n) is 18.3. The molecule has 2 N–H and O–H groups in total. The van der Waals surface area contributed by atoms with E-state index < -0.39 is 29.9 Å². The van der Waals surface area contributed by atoms with Crippen LogP contribution in [0, 0.1) is 5.41 Å². The number of methoxy groups -OCH3 is 1. The SMILES string of the molecule is [B]C1OC(CO)C(O)C1OC(C)(C)CC(C)(C)CN1CCN(CCOC)CC1. The van der Waals surface area contributed by atoms with Crippen LogP contribution in [0.25, 0.3) is 0 Å². The van der Waals surface area contributed by atoms with Gasteiger partial charge in [0.2, 0.25) is 0 Å². The Kier molecular flexibility index (Phi) is 8.76. The van der Waals surface area contributed by atoms with Gasteiger partial charge in [0, 0.05) is 52.4 Å². The lowest BCUT2D eigenvalue weighted by molar-refractivity contribution is -0.127. The highest BCUT2D eigenvalue weighted by atomic mass is 16.6. The van der Waals surface area contributed by atoms with Gasteiger partial charge in [-0.25, -0.2) is 0 Å². The quantitative estimate of drug-likeness (QED) is 0.505. The largest absolute Gasteiger partial charge is 0.394 e. The fraction of sp³-hybridized carbons (Fsp3) is 1.00. The van der Waals surface area contributed by atoms with Crippen molar-refractivity contribution < 1.29 is 24.4 Å². The number of nitrogens with zero attached hydrogens (tertiary/aromatic N) is 2. The lowest BCUT2D eigenvalue weighted by Gasteiger charge is -2.42. The van der Waals surface area contributed by atoms with Gasteiger partial charge in [-0.15, -0.1) is 0 Å². The van der Waals surface area contributed by atoms with Crippen LogP contribution >= 0.6 is 0 Å². The smallest absolute Gasteiger partial charge is 0.112 e. The maximum absolute atomic E-state index is 10.3. The van der Waals surface area contributed by atoms with E-state index in [0.29, 0.717) is 0 Å². The molecule has 162 valence electrons. The normalized spacial score (nSPS) is 30.8. The van der Waals surface area contributed by atoms with Crippen LogP contribution in [-0.4, -0.2) is 117 Å². The summed E-state index contributed by atoms with van der Waals surface area (Å²) in [7, 11) is 7.71. The molecule has 0 amide bonds. The van der Waals surface area contributed by atoms with Crippen LogP contribution in [0.1, 0.15) is 34.1 Å². The van der Waals surface area contributed by atoms with Crippen molar-refractivity contribution in [2.75, 3.05) is 59.6 Å². The molecule has 2 aliphatic heterocycles. The average molecular weight is 398 g/mol. The fourth-order valence-corrected chi connectivity index (χ4v) is 4.67. The molecule has 2 fully saturated rings. The molecule has 4 unspecified atom stereocenters. The molecule has 0 spiro atoms. The molecule has 0 aromatic heterocycles. The van der Waals surface area contributed by atoms with Crippen molar-refractivity contribution in [3.8, 4) is 0 Å². The Labute approximate surface area is 171 Å². The molecule has 2 radical (unpaired) electrons. The standard InChI is InChI=1S/C20H39BN2O5/c1-19(2,14-23-8-6-22(7-9-23)10-11-26-5)13-20(3,4)28-17-16(25)15(12-24)27-18(17)21/h15-18,24-25H,6-14H2,1-5H3. The zero-order valence-corrected chi connectivity index (χ0v) is 18.3. The number of piperazine rings is 1. The Bertz CT molecular complexity index is 472. The summed E-state index contributed by atoms with van der Waals surface area (Å²) in [5.74, 6) is 0. The van der Waals surface area contributed by atoms with Crippen LogP contribution < -0.4 is 0 Å². The van der Waals surface area contributed by atoms with Crippen molar-refractivity contribution in [2.24, 2.45) is 5.41 Å². The fourth-order valence-electron chi connectivity index (χ4n) is 4.67.